The van der Waals surface area contributed by atoms with Crippen molar-refractivity contribution < 1.29 is 37.9 Å². The van der Waals surface area contributed by atoms with Crippen molar-refractivity contribution in [2.45, 2.75) is 219 Å². The molecule has 0 unspecified atom stereocenters. The monoisotopic (exact) mass is 769 g/mol. The van der Waals surface area contributed by atoms with Crippen molar-refractivity contribution >= 4 is 19.8 Å². The summed E-state index contributed by atoms with van der Waals surface area (Å²) in [4.78, 5) is 42.8. The van der Waals surface area contributed by atoms with E-state index >= 15 is 0 Å². The molecule has 2 N–H and O–H groups in total. The predicted octanol–water partition coefficient (Wildman–Crippen LogP) is 13.4. The van der Waals surface area contributed by atoms with Crippen LogP contribution in [0, 0.1) is 0 Å². The van der Waals surface area contributed by atoms with Gasteiger partial charge in [0.05, 0.1) is 6.61 Å². The number of rotatable bonds is 40. The van der Waals surface area contributed by atoms with Gasteiger partial charge in [-0.25, -0.2) is 4.57 Å². The Balaban J connectivity index is 3.95. The second-order valence-electron chi connectivity index (χ2n) is 14.7. The summed E-state index contributed by atoms with van der Waals surface area (Å²) in [5, 5.41) is 0. The molecule has 0 amide bonds. The van der Waals surface area contributed by atoms with Crippen LogP contribution in [0.4, 0.5) is 0 Å². The lowest BCUT2D eigenvalue weighted by Crippen LogP contribution is -2.29. The van der Waals surface area contributed by atoms with E-state index in [-0.39, 0.29) is 19.4 Å². The van der Waals surface area contributed by atoms with Gasteiger partial charge in [-0.15, -0.1) is 0 Å². The minimum Gasteiger partial charge on any atom is -0.462 e. The SMILES string of the molecule is CCCCCCCC/C=C/C/C=C/C/C=C/CCCC(=O)OC[C@H](COP(=O)(O)O)OC(=O)CCCCCCCCCCCCCCCCCCCC. The van der Waals surface area contributed by atoms with Crippen LogP contribution in [-0.4, -0.2) is 41.0 Å². The third-order valence-corrected chi connectivity index (χ3v) is 9.90. The Morgan fingerprint density at radius 3 is 1.32 bits per heavy atom. The molecular weight excluding hydrogens is 687 g/mol. The zero-order valence-electron chi connectivity index (χ0n) is 34.2. The van der Waals surface area contributed by atoms with Crippen LogP contribution in [0.15, 0.2) is 36.5 Å². The predicted molar refractivity (Wildman–Crippen MR) is 221 cm³/mol. The maximum Gasteiger partial charge on any atom is 0.469 e. The number of ether oxygens (including phenoxy) is 2. The zero-order chi connectivity index (χ0) is 38.9. The van der Waals surface area contributed by atoms with E-state index in [2.05, 4.69) is 48.8 Å². The van der Waals surface area contributed by atoms with Gasteiger partial charge in [0, 0.05) is 12.8 Å². The minimum atomic E-state index is -4.76. The van der Waals surface area contributed by atoms with Gasteiger partial charge >= 0.3 is 19.8 Å². The summed E-state index contributed by atoms with van der Waals surface area (Å²) < 4.78 is 26.4. The van der Waals surface area contributed by atoms with E-state index in [1.165, 1.54) is 128 Å². The molecule has 0 aromatic heterocycles. The number of carbonyl (C=O) groups excluding carboxylic acids is 2. The number of allylic oxidation sites excluding steroid dienone is 6. The van der Waals surface area contributed by atoms with E-state index in [9.17, 15) is 14.2 Å². The summed E-state index contributed by atoms with van der Waals surface area (Å²) >= 11 is 0. The second-order valence-corrected chi connectivity index (χ2v) is 15.9. The summed E-state index contributed by atoms with van der Waals surface area (Å²) in [6.07, 6.45) is 47.3. The molecule has 0 saturated carbocycles. The molecule has 310 valence electrons. The van der Waals surface area contributed by atoms with Crippen LogP contribution in [0.25, 0.3) is 0 Å². The molecule has 1 atom stereocenters. The Hall–Kier alpha value is -1.73. The van der Waals surface area contributed by atoms with Gasteiger partial charge in [-0.1, -0.05) is 192 Å². The Kier molecular flexibility index (Phi) is 38.6. The molecule has 0 aromatic carbocycles. The van der Waals surface area contributed by atoms with E-state index in [0.717, 1.165) is 44.9 Å². The van der Waals surface area contributed by atoms with Crippen molar-refractivity contribution in [3.05, 3.63) is 36.5 Å². The molecule has 0 saturated heterocycles. The van der Waals surface area contributed by atoms with Gasteiger partial charge in [0.25, 0.3) is 0 Å². The lowest BCUT2D eigenvalue weighted by Gasteiger charge is -2.18. The summed E-state index contributed by atoms with van der Waals surface area (Å²) in [5.41, 5.74) is 0. The van der Waals surface area contributed by atoms with Crippen molar-refractivity contribution in [2.24, 2.45) is 0 Å². The highest BCUT2D eigenvalue weighted by Crippen LogP contribution is 2.36. The second kappa shape index (κ2) is 39.9. The Labute approximate surface area is 325 Å². The Morgan fingerprint density at radius 1 is 0.491 bits per heavy atom. The highest BCUT2D eigenvalue weighted by atomic mass is 31.2. The topological polar surface area (TPSA) is 119 Å². The number of unbranched alkanes of at least 4 members (excludes halogenated alkanes) is 24. The van der Waals surface area contributed by atoms with E-state index in [1.807, 2.05) is 6.08 Å². The van der Waals surface area contributed by atoms with Crippen LogP contribution < -0.4 is 0 Å². The van der Waals surface area contributed by atoms with Gasteiger partial charge in [0.2, 0.25) is 0 Å². The first-order valence-corrected chi connectivity index (χ1v) is 23.3. The van der Waals surface area contributed by atoms with Crippen LogP contribution in [0.3, 0.4) is 0 Å². The molecule has 0 fully saturated rings. The van der Waals surface area contributed by atoms with Gasteiger partial charge in [0.1, 0.15) is 6.61 Å². The summed E-state index contributed by atoms with van der Waals surface area (Å²) in [6.45, 7) is 3.66. The van der Waals surface area contributed by atoms with Crippen molar-refractivity contribution in [3.63, 3.8) is 0 Å². The average molecular weight is 769 g/mol. The van der Waals surface area contributed by atoms with Crippen molar-refractivity contribution in [2.75, 3.05) is 13.2 Å². The van der Waals surface area contributed by atoms with Gasteiger partial charge < -0.3 is 19.3 Å². The fraction of sp³-hybridized carbons (Fsp3) is 0.818. The highest BCUT2D eigenvalue weighted by molar-refractivity contribution is 7.46. The maximum absolute atomic E-state index is 12.4. The van der Waals surface area contributed by atoms with Gasteiger partial charge in [-0.2, -0.15) is 0 Å². The fourth-order valence-electron chi connectivity index (χ4n) is 6.15. The highest BCUT2D eigenvalue weighted by Gasteiger charge is 2.22. The number of esters is 2. The number of hydrogen-bond donors (Lipinski definition) is 2. The molecule has 0 aliphatic heterocycles. The van der Waals surface area contributed by atoms with E-state index in [0.29, 0.717) is 12.8 Å². The van der Waals surface area contributed by atoms with Gasteiger partial charge in [0.15, 0.2) is 6.10 Å². The molecule has 0 aromatic rings. The number of hydrogen-bond acceptors (Lipinski definition) is 6. The van der Waals surface area contributed by atoms with Crippen LogP contribution in [0.2, 0.25) is 0 Å². The van der Waals surface area contributed by atoms with Crippen LogP contribution in [0.1, 0.15) is 213 Å². The molecule has 53 heavy (non-hydrogen) atoms. The first-order valence-electron chi connectivity index (χ1n) is 21.8. The van der Waals surface area contributed by atoms with Gasteiger partial charge in [-0.3, -0.25) is 14.1 Å². The third kappa shape index (κ3) is 42.9. The van der Waals surface area contributed by atoms with Crippen molar-refractivity contribution in [1.82, 2.24) is 0 Å². The van der Waals surface area contributed by atoms with Crippen molar-refractivity contribution in [1.29, 1.82) is 0 Å². The number of phosphoric acid groups is 1. The van der Waals surface area contributed by atoms with E-state index < -0.39 is 32.5 Å². The van der Waals surface area contributed by atoms with E-state index in [4.69, 9.17) is 19.3 Å². The fourth-order valence-corrected chi connectivity index (χ4v) is 6.52. The van der Waals surface area contributed by atoms with Gasteiger partial charge in [-0.05, 0) is 44.9 Å². The molecule has 0 heterocycles. The van der Waals surface area contributed by atoms with Crippen LogP contribution >= 0.6 is 7.82 Å². The molecule has 0 bridgehead atoms. The maximum atomic E-state index is 12.4. The Bertz CT molecular complexity index is 957. The average Bonchev–Trinajstić information content (AvgIpc) is 3.13. The lowest BCUT2D eigenvalue weighted by molar-refractivity contribution is -0.161. The first-order chi connectivity index (χ1) is 25.8. The largest absolute Gasteiger partial charge is 0.469 e. The van der Waals surface area contributed by atoms with E-state index in [1.54, 1.807) is 0 Å². The molecule has 0 aliphatic carbocycles. The minimum absolute atomic E-state index is 0.197. The molecule has 0 spiro atoms. The number of carbonyl (C=O) groups is 2. The number of phosphoric ester groups is 1. The standard InChI is InChI=1S/C44H81O8P/c1-3-5-7-9-11-13-15-17-19-21-23-25-27-29-31-33-35-37-39-44(46)52-42(41-51-53(47,48)49)40-50-43(45)38-36-34-32-30-28-26-24-22-20-18-16-14-12-10-8-6-4-2/h18,20,24,26,30,32,42H,3-17,19,21-23,25,27-29,31,33-41H2,1-2H3,(H2,47,48,49)/b20-18+,26-24+,32-30+/t42-/m1/s1. The molecule has 0 radical (unpaired) electrons. The summed E-state index contributed by atoms with van der Waals surface area (Å²) in [7, 11) is -4.76. The van der Waals surface area contributed by atoms with Crippen LogP contribution in [0.5, 0.6) is 0 Å². The smallest absolute Gasteiger partial charge is 0.462 e. The normalized spacial score (nSPS) is 12.8. The first kappa shape index (κ1) is 51.3. The summed E-state index contributed by atoms with van der Waals surface area (Å²) in [6, 6.07) is 0. The summed E-state index contributed by atoms with van der Waals surface area (Å²) in [5.74, 6) is -0.938. The van der Waals surface area contributed by atoms with Crippen molar-refractivity contribution in [3.8, 4) is 0 Å². The zero-order valence-corrected chi connectivity index (χ0v) is 35.1. The molecule has 8 nitrogen and oxygen atoms in total. The molecular formula is C44H81O8P. The Morgan fingerprint density at radius 2 is 0.868 bits per heavy atom. The molecule has 0 aliphatic rings. The van der Waals surface area contributed by atoms with Crippen LogP contribution in [-0.2, 0) is 28.2 Å². The third-order valence-electron chi connectivity index (χ3n) is 9.41. The molecule has 9 heteroatoms. The quantitative estimate of drug-likeness (QED) is 0.0274. The lowest BCUT2D eigenvalue weighted by atomic mass is 10.0. The molecule has 0 rings (SSSR count).